The molecule has 0 aliphatic carbocycles. The van der Waals surface area contributed by atoms with Crippen molar-refractivity contribution < 1.29 is 0 Å². The predicted octanol–water partition coefficient (Wildman–Crippen LogP) is 2.76. The Morgan fingerprint density at radius 2 is 1.85 bits per heavy atom. The van der Waals surface area contributed by atoms with Crippen LogP contribution in [0.2, 0.25) is 0 Å². The largest absolute Gasteiger partial charge is 0.368 e. The third-order valence-electron chi connectivity index (χ3n) is 3.31. The highest BCUT2D eigenvalue weighted by Gasteiger charge is 2.12. The maximum atomic E-state index is 5.73. The van der Waals surface area contributed by atoms with Gasteiger partial charge in [0, 0.05) is 23.2 Å². The standard InChI is InChI=1S/C15H11N5/c16-15-18-8-10-9-4-1-2-5-11(9)19-14(13(10)20-15)12-6-3-7-17-12/h1-8,17H,(H2,16,18,20). The van der Waals surface area contributed by atoms with Gasteiger partial charge in [-0.3, -0.25) is 0 Å². The second-order valence-electron chi connectivity index (χ2n) is 4.55. The molecule has 0 amide bonds. The quantitative estimate of drug-likeness (QED) is 0.516. The summed E-state index contributed by atoms with van der Waals surface area (Å²) in [6.45, 7) is 0. The minimum Gasteiger partial charge on any atom is -0.368 e. The molecule has 4 rings (SSSR count). The first-order valence-electron chi connectivity index (χ1n) is 6.27. The summed E-state index contributed by atoms with van der Waals surface area (Å²) < 4.78 is 0. The van der Waals surface area contributed by atoms with E-state index in [1.165, 1.54) is 0 Å². The molecule has 0 fully saturated rings. The molecule has 0 spiro atoms. The maximum absolute atomic E-state index is 5.73. The van der Waals surface area contributed by atoms with Crippen LogP contribution < -0.4 is 5.73 Å². The number of nitrogens with one attached hydrogen (secondary N) is 1. The number of rotatable bonds is 1. The highest BCUT2D eigenvalue weighted by molar-refractivity contribution is 6.08. The number of hydrogen-bond acceptors (Lipinski definition) is 4. The van der Waals surface area contributed by atoms with Gasteiger partial charge < -0.3 is 10.7 Å². The van der Waals surface area contributed by atoms with Crippen molar-refractivity contribution in [1.29, 1.82) is 0 Å². The molecule has 3 heterocycles. The fourth-order valence-corrected chi connectivity index (χ4v) is 2.41. The first-order valence-corrected chi connectivity index (χ1v) is 6.27. The van der Waals surface area contributed by atoms with Crippen LogP contribution in [0.3, 0.4) is 0 Å². The number of aromatic nitrogens is 4. The molecule has 5 heteroatoms. The van der Waals surface area contributed by atoms with Crippen molar-refractivity contribution in [3.05, 3.63) is 48.8 Å². The number of H-pyrrole nitrogens is 1. The Morgan fingerprint density at radius 1 is 0.950 bits per heavy atom. The number of nitrogens with zero attached hydrogens (tertiary/aromatic N) is 3. The Hall–Kier alpha value is -2.95. The van der Waals surface area contributed by atoms with Crippen LogP contribution in [-0.2, 0) is 0 Å². The van der Waals surface area contributed by atoms with Crippen LogP contribution in [0.5, 0.6) is 0 Å². The van der Waals surface area contributed by atoms with E-state index in [2.05, 4.69) is 15.0 Å². The van der Waals surface area contributed by atoms with Crippen molar-refractivity contribution >= 4 is 27.8 Å². The molecular weight excluding hydrogens is 250 g/mol. The van der Waals surface area contributed by atoms with Crippen molar-refractivity contribution in [2.75, 3.05) is 5.73 Å². The van der Waals surface area contributed by atoms with Gasteiger partial charge in [-0.2, -0.15) is 0 Å². The number of para-hydroxylation sites is 1. The van der Waals surface area contributed by atoms with Crippen molar-refractivity contribution in [1.82, 2.24) is 19.9 Å². The Morgan fingerprint density at radius 3 is 2.70 bits per heavy atom. The number of fused-ring (bicyclic) bond motifs is 3. The van der Waals surface area contributed by atoms with Gasteiger partial charge in [-0.05, 0) is 18.2 Å². The van der Waals surface area contributed by atoms with E-state index in [4.69, 9.17) is 10.7 Å². The lowest BCUT2D eigenvalue weighted by atomic mass is 10.1. The van der Waals surface area contributed by atoms with Gasteiger partial charge >= 0.3 is 0 Å². The lowest BCUT2D eigenvalue weighted by Crippen LogP contribution is -1.98. The summed E-state index contributed by atoms with van der Waals surface area (Å²) in [6, 6.07) is 11.9. The number of pyridine rings is 1. The molecule has 0 radical (unpaired) electrons. The van der Waals surface area contributed by atoms with Gasteiger partial charge in [0.15, 0.2) is 0 Å². The Bertz CT molecular complexity index is 912. The smallest absolute Gasteiger partial charge is 0.220 e. The number of benzene rings is 1. The van der Waals surface area contributed by atoms with Gasteiger partial charge in [-0.1, -0.05) is 18.2 Å². The van der Waals surface area contributed by atoms with E-state index in [9.17, 15) is 0 Å². The summed E-state index contributed by atoms with van der Waals surface area (Å²) >= 11 is 0. The molecule has 1 aromatic carbocycles. The number of anilines is 1. The van der Waals surface area contributed by atoms with E-state index in [1.807, 2.05) is 42.6 Å². The number of aromatic amines is 1. The van der Waals surface area contributed by atoms with E-state index >= 15 is 0 Å². The Labute approximate surface area is 114 Å². The minimum atomic E-state index is 0.252. The second kappa shape index (κ2) is 4.03. The summed E-state index contributed by atoms with van der Waals surface area (Å²) in [5.41, 5.74) is 9.11. The van der Waals surface area contributed by atoms with Gasteiger partial charge in [0.25, 0.3) is 0 Å². The van der Waals surface area contributed by atoms with Crippen molar-refractivity contribution in [3.63, 3.8) is 0 Å². The summed E-state index contributed by atoms with van der Waals surface area (Å²) in [5.74, 6) is 0.252. The first-order chi connectivity index (χ1) is 9.83. The zero-order chi connectivity index (χ0) is 13.5. The number of nitrogens with two attached hydrogens (primary N) is 1. The molecule has 0 saturated heterocycles. The highest BCUT2D eigenvalue weighted by Crippen LogP contribution is 2.30. The van der Waals surface area contributed by atoms with E-state index < -0.39 is 0 Å². The normalized spacial score (nSPS) is 11.2. The summed E-state index contributed by atoms with van der Waals surface area (Å²) in [6.07, 6.45) is 3.62. The Balaban J connectivity index is 2.22. The third kappa shape index (κ3) is 1.53. The summed E-state index contributed by atoms with van der Waals surface area (Å²) in [4.78, 5) is 16.4. The van der Waals surface area contributed by atoms with Crippen LogP contribution in [-0.4, -0.2) is 19.9 Å². The molecule has 20 heavy (non-hydrogen) atoms. The number of hydrogen-bond donors (Lipinski definition) is 2. The average Bonchev–Trinajstić information content (AvgIpc) is 3.00. The molecule has 0 aliphatic heterocycles. The highest BCUT2D eigenvalue weighted by atomic mass is 15.0. The molecule has 3 aromatic heterocycles. The van der Waals surface area contributed by atoms with Gasteiger partial charge in [0.2, 0.25) is 5.95 Å². The average molecular weight is 261 g/mol. The molecule has 0 unspecified atom stereocenters. The van der Waals surface area contributed by atoms with E-state index in [0.717, 1.165) is 33.2 Å². The monoisotopic (exact) mass is 261 g/mol. The van der Waals surface area contributed by atoms with Crippen LogP contribution in [0.4, 0.5) is 5.95 Å². The number of nitrogen functional groups attached to an aromatic ring is 1. The molecule has 0 aliphatic rings. The molecule has 4 aromatic rings. The van der Waals surface area contributed by atoms with Gasteiger partial charge in [0.05, 0.1) is 11.2 Å². The van der Waals surface area contributed by atoms with Gasteiger partial charge in [0.1, 0.15) is 11.2 Å². The van der Waals surface area contributed by atoms with Gasteiger partial charge in [-0.15, -0.1) is 0 Å². The third-order valence-corrected chi connectivity index (χ3v) is 3.31. The Kier molecular flexibility index (Phi) is 2.20. The van der Waals surface area contributed by atoms with Crippen LogP contribution in [0.15, 0.2) is 48.8 Å². The zero-order valence-corrected chi connectivity index (χ0v) is 10.5. The predicted molar refractivity (Wildman–Crippen MR) is 79.0 cm³/mol. The lowest BCUT2D eigenvalue weighted by molar-refractivity contribution is 1.22. The summed E-state index contributed by atoms with van der Waals surface area (Å²) in [5, 5.41) is 1.98. The molecule has 96 valence electrons. The SMILES string of the molecule is Nc1ncc2c(n1)c(-c1ccc[nH]1)nc1ccccc12. The van der Waals surface area contributed by atoms with E-state index in [-0.39, 0.29) is 5.95 Å². The molecule has 0 atom stereocenters. The van der Waals surface area contributed by atoms with Crippen LogP contribution in [0, 0.1) is 0 Å². The van der Waals surface area contributed by atoms with Crippen LogP contribution in [0.1, 0.15) is 0 Å². The van der Waals surface area contributed by atoms with E-state index in [0.29, 0.717) is 0 Å². The fourth-order valence-electron chi connectivity index (χ4n) is 2.41. The van der Waals surface area contributed by atoms with Crippen molar-refractivity contribution in [3.8, 4) is 11.4 Å². The molecular formula is C15H11N5. The second-order valence-corrected chi connectivity index (χ2v) is 4.55. The van der Waals surface area contributed by atoms with Crippen molar-refractivity contribution in [2.24, 2.45) is 0 Å². The zero-order valence-electron chi connectivity index (χ0n) is 10.5. The molecule has 0 saturated carbocycles. The molecule has 0 bridgehead atoms. The van der Waals surface area contributed by atoms with Crippen molar-refractivity contribution in [2.45, 2.75) is 0 Å². The van der Waals surface area contributed by atoms with Gasteiger partial charge in [-0.25, -0.2) is 15.0 Å². The molecule has 5 nitrogen and oxygen atoms in total. The minimum absolute atomic E-state index is 0.252. The fraction of sp³-hybridized carbons (Fsp3) is 0. The maximum Gasteiger partial charge on any atom is 0.220 e. The van der Waals surface area contributed by atoms with Crippen LogP contribution in [0.25, 0.3) is 33.2 Å². The first kappa shape index (κ1) is 10.9. The van der Waals surface area contributed by atoms with Crippen LogP contribution >= 0.6 is 0 Å². The molecule has 3 N–H and O–H groups in total. The summed E-state index contributed by atoms with van der Waals surface area (Å²) in [7, 11) is 0. The van der Waals surface area contributed by atoms with E-state index in [1.54, 1.807) is 6.20 Å². The topological polar surface area (TPSA) is 80.5 Å². The lowest BCUT2D eigenvalue weighted by Gasteiger charge is -2.07.